The first kappa shape index (κ1) is 17.9. The summed E-state index contributed by atoms with van der Waals surface area (Å²) in [6, 6.07) is 13.9. The molecule has 0 N–H and O–H groups in total. The summed E-state index contributed by atoms with van der Waals surface area (Å²) >= 11 is 3.33. The molecule has 8 heteroatoms. The molecule has 0 aliphatic carbocycles. The number of nitro groups is 1. The van der Waals surface area contributed by atoms with Gasteiger partial charge in [-0.15, -0.1) is 0 Å². The van der Waals surface area contributed by atoms with Crippen LogP contribution in [0.25, 0.3) is 0 Å². The van der Waals surface area contributed by atoms with Crippen LogP contribution >= 0.6 is 15.9 Å². The van der Waals surface area contributed by atoms with Crippen LogP contribution in [0.5, 0.6) is 0 Å². The van der Waals surface area contributed by atoms with Gasteiger partial charge in [0.25, 0.3) is 5.69 Å². The molecule has 0 saturated carbocycles. The number of nitriles is 1. The van der Waals surface area contributed by atoms with Crippen molar-refractivity contribution in [3.05, 3.63) is 68.2 Å². The summed E-state index contributed by atoms with van der Waals surface area (Å²) in [4.78, 5) is 26.8. The lowest BCUT2D eigenvalue weighted by Gasteiger charge is -2.35. The van der Waals surface area contributed by atoms with Crippen LogP contribution in [-0.2, 0) is 11.3 Å². The van der Waals surface area contributed by atoms with Gasteiger partial charge in [0.05, 0.1) is 23.1 Å². The number of nitrogens with zero attached hydrogens (tertiary/aromatic N) is 4. The lowest BCUT2D eigenvalue weighted by molar-refractivity contribution is -0.384. The number of hydrogen-bond acceptors (Lipinski definition) is 5. The predicted octanol–water partition coefficient (Wildman–Crippen LogP) is 3.08. The smallest absolute Gasteiger partial charge is 0.292 e. The van der Waals surface area contributed by atoms with Gasteiger partial charge in [-0.1, -0.05) is 28.1 Å². The van der Waals surface area contributed by atoms with Crippen molar-refractivity contribution in [2.75, 3.05) is 24.5 Å². The second kappa shape index (κ2) is 7.54. The molecular formula is C18H15BrN4O3. The van der Waals surface area contributed by atoms with Gasteiger partial charge in [-0.25, -0.2) is 0 Å². The molecule has 3 rings (SSSR count). The molecule has 7 nitrogen and oxygen atoms in total. The highest BCUT2D eigenvalue weighted by Crippen LogP contribution is 2.32. The van der Waals surface area contributed by atoms with Crippen LogP contribution in [0.3, 0.4) is 0 Å². The molecule has 0 unspecified atom stereocenters. The molecule has 1 saturated heterocycles. The van der Waals surface area contributed by atoms with E-state index in [0.29, 0.717) is 30.9 Å². The van der Waals surface area contributed by atoms with E-state index in [1.54, 1.807) is 34.1 Å². The van der Waals surface area contributed by atoms with Crippen molar-refractivity contribution in [1.82, 2.24) is 4.90 Å². The Balaban J connectivity index is 1.72. The number of halogens is 1. The second-order valence-electron chi connectivity index (χ2n) is 5.94. The molecule has 1 fully saturated rings. The molecule has 26 heavy (non-hydrogen) atoms. The van der Waals surface area contributed by atoms with Gasteiger partial charge < -0.3 is 9.80 Å². The third-order valence-corrected chi connectivity index (χ3v) is 4.74. The molecule has 1 aliphatic rings. The van der Waals surface area contributed by atoms with Gasteiger partial charge in [-0.3, -0.25) is 14.9 Å². The molecule has 132 valence electrons. The average molecular weight is 415 g/mol. The fourth-order valence-corrected chi connectivity index (χ4v) is 3.24. The molecule has 2 aromatic carbocycles. The first-order valence-corrected chi connectivity index (χ1v) is 8.73. The Kier molecular flexibility index (Phi) is 5.19. The molecule has 0 radical (unpaired) electrons. The van der Waals surface area contributed by atoms with Crippen LogP contribution in [0, 0.1) is 21.4 Å². The first-order valence-electron chi connectivity index (χ1n) is 7.93. The summed E-state index contributed by atoms with van der Waals surface area (Å²) in [6.45, 7) is 1.54. The molecule has 0 spiro atoms. The number of hydrogen-bond donors (Lipinski definition) is 0. The quantitative estimate of drug-likeness (QED) is 0.566. The number of piperazine rings is 1. The van der Waals surface area contributed by atoms with E-state index in [9.17, 15) is 14.9 Å². The zero-order valence-electron chi connectivity index (χ0n) is 13.8. The molecule has 1 amide bonds. The number of amides is 1. The average Bonchev–Trinajstić information content (AvgIpc) is 2.63. The standard InChI is InChI=1S/C18H15BrN4O3/c19-15-5-6-16(23(25)26)17(9-15)21-7-8-22(18(24)12-21)11-14-3-1-13(10-20)2-4-14/h1-6,9H,7-8,11-12H2. The van der Waals surface area contributed by atoms with Gasteiger partial charge in [-0.05, 0) is 29.8 Å². The zero-order valence-corrected chi connectivity index (χ0v) is 15.3. The van der Waals surface area contributed by atoms with Crippen LogP contribution < -0.4 is 4.90 Å². The Morgan fingerprint density at radius 2 is 1.92 bits per heavy atom. The second-order valence-corrected chi connectivity index (χ2v) is 6.85. The van der Waals surface area contributed by atoms with Crippen molar-refractivity contribution in [3.8, 4) is 6.07 Å². The van der Waals surface area contributed by atoms with Crippen molar-refractivity contribution in [2.24, 2.45) is 0 Å². The molecule has 0 bridgehead atoms. The van der Waals surface area contributed by atoms with Gasteiger partial charge >= 0.3 is 0 Å². The summed E-state index contributed by atoms with van der Waals surface area (Å²) < 4.78 is 0.727. The highest BCUT2D eigenvalue weighted by molar-refractivity contribution is 9.10. The van der Waals surface area contributed by atoms with E-state index >= 15 is 0 Å². The van der Waals surface area contributed by atoms with Crippen LogP contribution in [0.2, 0.25) is 0 Å². The monoisotopic (exact) mass is 414 g/mol. The predicted molar refractivity (Wildman–Crippen MR) is 99.6 cm³/mol. The summed E-state index contributed by atoms with van der Waals surface area (Å²) in [6.07, 6.45) is 0. The Labute approximate surface area is 158 Å². The minimum Gasteiger partial charge on any atom is -0.355 e. The van der Waals surface area contributed by atoms with Crippen molar-refractivity contribution in [2.45, 2.75) is 6.54 Å². The Hall–Kier alpha value is -2.92. The molecule has 1 aliphatic heterocycles. The van der Waals surface area contributed by atoms with E-state index < -0.39 is 4.92 Å². The van der Waals surface area contributed by atoms with Crippen LogP contribution in [0.1, 0.15) is 11.1 Å². The van der Waals surface area contributed by atoms with E-state index in [1.165, 1.54) is 6.07 Å². The number of rotatable bonds is 4. The van der Waals surface area contributed by atoms with E-state index in [2.05, 4.69) is 22.0 Å². The topological polar surface area (TPSA) is 90.5 Å². The van der Waals surface area contributed by atoms with Crippen LogP contribution in [0.4, 0.5) is 11.4 Å². The maximum Gasteiger partial charge on any atom is 0.292 e. The molecule has 0 aromatic heterocycles. The van der Waals surface area contributed by atoms with Crippen molar-refractivity contribution < 1.29 is 9.72 Å². The third-order valence-electron chi connectivity index (χ3n) is 4.25. The lowest BCUT2D eigenvalue weighted by Crippen LogP contribution is -2.50. The third kappa shape index (κ3) is 3.83. The van der Waals surface area contributed by atoms with E-state index in [0.717, 1.165) is 10.0 Å². The van der Waals surface area contributed by atoms with Crippen LogP contribution in [-0.4, -0.2) is 35.4 Å². The number of benzene rings is 2. The Morgan fingerprint density at radius 3 is 2.54 bits per heavy atom. The number of anilines is 1. The maximum atomic E-state index is 12.5. The lowest BCUT2D eigenvalue weighted by atomic mass is 10.1. The summed E-state index contributed by atoms with van der Waals surface area (Å²) in [7, 11) is 0. The zero-order chi connectivity index (χ0) is 18.7. The largest absolute Gasteiger partial charge is 0.355 e. The molecule has 1 heterocycles. The minimum absolute atomic E-state index is 0.0125. The number of carbonyl (C=O) groups excluding carboxylic acids is 1. The van der Waals surface area contributed by atoms with Crippen molar-refractivity contribution >= 4 is 33.2 Å². The van der Waals surface area contributed by atoms with Gasteiger partial charge in [0, 0.05) is 30.2 Å². The van der Waals surface area contributed by atoms with Crippen molar-refractivity contribution in [1.29, 1.82) is 5.26 Å². The normalized spacial score (nSPS) is 14.2. The van der Waals surface area contributed by atoms with E-state index in [-0.39, 0.29) is 18.1 Å². The first-order chi connectivity index (χ1) is 12.5. The number of nitro benzene ring substituents is 1. The van der Waals surface area contributed by atoms with Gasteiger partial charge in [0.2, 0.25) is 5.91 Å². The van der Waals surface area contributed by atoms with Crippen molar-refractivity contribution in [3.63, 3.8) is 0 Å². The van der Waals surface area contributed by atoms with Gasteiger partial charge in [-0.2, -0.15) is 5.26 Å². The molecule has 2 aromatic rings. The van der Waals surface area contributed by atoms with E-state index in [1.807, 2.05) is 12.1 Å². The molecular weight excluding hydrogens is 400 g/mol. The highest BCUT2D eigenvalue weighted by atomic mass is 79.9. The number of carbonyl (C=O) groups is 1. The molecule has 0 atom stereocenters. The fraction of sp³-hybridized carbons (Fsp3) is 0.222. The maximum absolute atomic E-state index is 12.5. The summed E-state index contributed by atoms with van der Waals surface area (Å²) in [5, 5.41) is 20.1. The van der Waals surface area contributed by atoms with E-state index in [4.69, 9.17) is 5.26 Å². The minimum atomic E-state index is -0.435. The van der Waals surface area contributed by atoms with Gasteiger partial charge in [0.1, 0.15) is 5.69 Å². The summed E-state index contributed by atoms with van der Waals surface area (Å²) in [5.74, 6) is -0.0881. The SMILES string of the molecule is N#Cc1ccc(CN2CCN(c3cc(Br)ccc3[N+](=O)[O-])CC2=O)cc1. The highest BCUT2D eigenvalue weighted by Gasteiger charge is 2.28. The Morgan fingerprint density at radius 1 is 1.19 bits per heavy atom. The van der Waals surface area contributed by atoms with Crippen LogP contribution in [0.15, 0.2) is 46.9 Å². The fourth-order valence-electron chi connectivity index (χ4n) is 2.89. The summed E-state index contributed by atoms with van der Waals surface area (Å²) in [5.41, 5.74) is 1.95. The van der Waals surface area contributed by atoms with Gasteiger partial charge in [0.15, 0.2) is 0 Å². The Bertz CT molecular complexity index is 892.